The van der Waals surface area contributed by atoms with Crippen LogP contribution < -0.4 is 0 Å². The molecule has 0 amide bonds. The van der Waals surface area contributed by atoms with E-state index in [-0.39, 0.29) is 6.10 Å². The lowest BCUT2D eigenvalue weighted by Gasteiger charge is -2.58. The van der Waals surface area contributed by atoms with Crippen molar-refractivity contribution in [1.82, 2.24) is 4.90 Å². The molecule has 0 aromatic carbocycles. The predicted octanol–water partition coefficient (Wildman–Crippen LogP) is 16.8. The van der Waals surface area contributed by atoms with Gasteiger partial charge in [0.2, 0.25) is 0 Å². The second-order valence-electron chi connectivity index (χ2n) is 24.8. The van der Waals surface area contributed by atoms with E-state index in [1.54, 1.807) is 5.57 Å². The van der Waals surface area contributed by atoms with Crippen LogP contribution in [0.4, 0.5) is 0 Å². The van der Waals surface area contributed by atoms with Gasteiger partial charge in [0.25, 0.3) is 0 Å². The Bertz CT molecular complexity index is 1380. The molecule has 0 N–H and O–H groups in total. The molecule has 5 nitrogen and oxygen atoms in total. The number of allylic oxidation sites excluding steroid dienone is 3. The highest BCUT2D eigenvalue weighted by molar-refractivity contribution is 5.25. The van der Waals surface area contributed by atoms with Crippen molar-refractivity contribution in [2.45, 2.75) is 253 Å². The van der Waals surface area contributed by atoms with Gasteiger partial charge < -0.3 is 23.8 Å². The molecule has 0 spiro atoms. The van der Waals surface area contributed by atoms with Gasteiger partial charge in [0.05, 0.1) is 32.0 Å². The summed E-state index contributed by atoms with van der Waals surface area (Å²) in [7, 11) is 0. The smallest absolute Gasteiger partial charge is 0.0936 e. The molecular formula is C62H111NO4. The highest BCUT2D eigenvalue weighted by atomic mass is 16.6. The van der Waals surface area contributed by atoms with E-state index in [1.165, 1.54) is 199 Å². The molecule has 1 unspecified atom stereocenters. The van der Waals surface area contributed by atoms with Gasteiger partial charge in [-0.25, -0.2) is 0 Å². The number of unbranched alkanes of at least 4 members (excludes halogenated alkanes) is 12. The van der Waals surface area contributed by atoms with Gasteiger partial charge in [-0.2, -0.15) is 0 Å². The molecule has 0 aromatic heterocycles. The summed E-state index contributed by atoms with van der Waals surface area (Å²) in [5, 5.41) is 0. The summed E-state index contributed by atoms with van der Waals surface area (Å²) in [5.74, 6) is 7.26. The highest BCUT2D eigenvalue weighted by Gasteiger charge is 2.59. The molecule has 11 atom stereocenters. The van der Waals surface area contributed by atoms with Crippen LogP contribution in [0.2, 0.25) is 0 Å². The fourth-order valence-corrected chi connectivity index (χ4v) is 15.5. The van der Waals surface area contributed by atoms with Crippen molar-refractivity contribution in [2.24, 2.45) is 58.2 Å². The van der Waals surface area contributed by atoms with Gasteiger partial charge in [-0.3, -0.25) is 0 Å². The third kappa shape index (κ3) is 17.5. The zero-order chi connectivity index (χ0) is 47.2. The summed E-state index contributed by atoms with van der Waals surface area (Å²) < 4.78 is 25.6. The molecular weight excluding hydrogens is 823 g/mol. The van der Waals surface area contributed by atoms with Gasteiger partial charge in [0, 0.05) is 32.9 Å². The van der Waals surface area contributed by atoms with E-state index < -0.39 is 0 Å². The van der Waals surface area contributed by atoms with Crippen LogP contribution in [-0.4, -0.2) is 76.4 Å². The molecule has 0 aromatic rings. The number of rotatable bonds is 34. The summed E-state index contributed by atoms with van der Waals surface area (Å²) in [6.07, 6.45) is 50.2. The summed E-state index contributed by atoms with van der Waals surface area (Å²) >= 11 is 0. The van der Waals surface area contributed by atoms with Gasteiger partial charge in [-0.1, -0.05) is 162 Å². The SMILES string of the molecule is CCCCCCCCC=CCCCCCCCCOCC(CN1CC[C@H]2CCCC[C@@H]2C1)OCCOCCCO[C@H]1CC[C@@]2(C)C(=CC[C@H]3[C@@H]4CC[C@H]([C@H](C)CCCC(C)C)[C@@]4(C)CC[C@@H]32)C1. The lowest BCUT2D eigenvalue weighted by molar-refractivity contribution is -0.0674. The first-order chi connectivity index (χ1) is 32.7. The van der Waals surface area contributed by atoms with Crippen LogP contribution in [0.25, 0.3) is 0 Å². The molecule has 6 rings (SSSR count). The van der Waals surface area contributed by atoms with Crippen LogP contribution in [0.15, 0.2) is 23.8 Å². The van der Waals surface area contributed by atoms with Crippen LogP contribution in [0, 0.1) is 58.2 Å². The van der Waals surface area contributed by atoms with Crippen LogP contribution in [0.3, 0.4) is 0 Å². The molecule has 67 heavy (non-hydrogen) atoms. The average molecular weight is 935 g/mol. The molecule has 0 radical (unpaired) electrons. The second kappa shape index (κ2) is 30.3. The number of piperidine rings is 1. The van der Waals surface area contributed by atoms with Crippen molar-refractivity contribution < 1.29 is 18.9 Å². The Hall–Kier alpha value is -0.720. The Morgan fingerprint density at radius 1 is 0.672 bits per heavy atom. The monoisotopic (exact) mass is 934 g/mol. The van der Waals surface area contributed by atoms with Crippen molar-refractivity contribution >= 4 is 0 Å². The molecule has 1 heterocycles. The van der Waals surface area contributed by atoms with Crippen molar-refractivity contribution in [2.75, 3.05) is 59.3 Å². The second-order valence-corrected chi connectivity index (χ2v) is 24.8. The standard InChI is InChI=1S/C62H111NO4/c1-7-8-9-10-11-12-13-14-15-16-17-18-19-20-21-24-41-65-49-56(48-63-40-37-52-29-22-23-30-53(52)47-63)67-45-44-64-42-26-43-66-55-35-38-61(5)54(46-55)31-32-57-59-34-33-58(51(4)28-25-27-50(2)3)62(59,6)39-36-60(57)61/h14-15,31,50-53,55-60H,7-13,16-30,32-49H2,1-6H3/t51-,52-,53-,55+,56?,57+,58-,59+,60+,61+,62-/m1/s1. The van der Waals surface area contributed by atoms with Crippen LogP contribution >= 0.6 is 0 Å². The number of hydrogen-bond donors (Lipinski definition) is 0. The number of likely N-dealkylation sites (tertiary alicyclic amines) is 1. The van der Waals surface area contributed by atoms with Crippen molar-refractivity contribution in [3.63, 3.8) is 0 Å². The number of hydrogen-bond acceptors (Lipinski definition) is 5. The van der Waals surface area contributed by atoms with E-state index in [4.69, 9.17) is 18.9 Å². The third-order valence-corrected chi connectivity index (χ3v) is 19.6. The molecule has 5 heteroatoms. The fourth-order valence-electron chi connectivity index (χ4n) is 15.5. The molecule has 388 valence electrons. The lowest BCUT2D eigenvalue weighted by Crippen LogP contribution is -2.51. The van der Waals surface area contributed by atoms with Gasteiger partial charge in [0.15, 0.2) is 0 Å². The minimum Gasteiger partial charge on any atom is -0.379 e. The Labute approximate surface area is 416 Å². The summed E-state index contributed by atoms with van der Waals surface area (Å²) in [5.41, 5.74) is 2.72. The van der Waals surface area contributed by atoms with Crippen LogP contribution in [-0.2, 0) is 18.9 Å². The molecule has 4 saturated carbocycles. The summed E-state index contributed by atoms with van der Waals surface area (Å²) in [6, 6.07) is 0. The first-order valence-corrected chi connectivity index (χ1v) is 30.2. The zero-order valence-corrected chi connectivity index (χ0v) is 45.4. The minimum atomic E-state index is 0.129. The summed E-state index contributed by atoms with van der Waals surface area (Å²) in [4.78, 5) is 2.70. The van der Waals surface area contributed by atoms with Crippen molar-refractivity contribution in [3.05, 3.63) is 23.8 Å². The number of fused-ring (bicyclic) bond motifs is 6. The van der Waals surface area contributed by atoms with E-state index in [0.29, 0.717) is 36.8 Å². The lowest BCUT2D eigenvalue weighted by atomic mass is 9.47. The van der Waals surface area contributed by atoms with Crippen LogP contribution in [0.5, 0.6) is 0 Å². The largest absolute Gasteiger partial charge is 0.379 e. The molecule has 5 aliphatic carbocycles. The molecule has 1 aliphatic heterocycles. The Morgan fingerprint density at radius 3 is 2.18 bits per heavy atom. The molecule has 1 saturated heterocycles. The van der Waals surface area contributed by atoms with E-state index in [9.17, 15) is 0 Å². The fraction of sp³-hybridized carbons (Fsp3) is 0.935. The van der Waals surface area contributed by atoms with E-state index in [1.807, 2.05) is 0 Å². The molecule has 6 aliphatic rings. The third-order valence-electron chi connectivity index (χ3n) is 19.6. The maximum absolute atomic E-state index is 6.60. The first-order valence-electron chi connectivity index (χ1n) is 30.2. The maximum atomic E-state index is 6.60. The summed E-state index contributed by atoms with van der Waals surface area (Å²) in [6.45, 7) is 23.0. The number of nitrogens with zero attached hydrogens (tertiary/aromatic N) is 1. The normalized spacial score (nSPS) is 31.9. The van der Waals surface area contributed by atoms with Gasteiger partial charge in [-0.05, 0) is 167 Å². The Kier molecular flexibility index (Phi) is 25.2. The predicted molar refractivity (Wildman–Crippen MR) is 285 cm³/mol. The average Bonchev–Trinajstić information content (AvgIpc) is 3.69. The van der Waals surface area contributed by atoms with Crippen molar-refractivity contribution in [1.29, 1.82) is 0 Å². The Balaban J connectivity index is 0.820. The molecule has 0 bridgehead atoms. The van der Waals surface area contributed by atoms with Crippen molar-refractivity contribution in [3.8, 4) is 0 Å². The quantitative estimate of drug-likeness (QED) is 0.0475. The van der Waals surface area contributed by atoms with E-state index in [2.05, 4.69) is 64.7 Å². The van der Waals surface area contributed by atoms with Gasteiger partial charge in [-0.15, -0.1) is 0 Å². The topological polar surface area (TPSA) is 40.2 Å². The minimum absolute atomic E-state index is 0.129. The van der Waals surface area contributed by atoms with E-state index >= 15 is 0 Å². The first kappa shape index (κ1) is 55.6. The van der Waals surface area contributed by atoms with Gasteiger partial charge in [0.1, 0.15) is 0 Å². The zero-order valence-electron chi connectivity index (χ0n) is 45.4. The van der Waals surface area contributed by atoms with E-state index in [0.717, 1.165) is 86.6 Å². The Morgan fingerprint density at radius 2 is 1.40 bits per heavy atom. The van der Waals surface area contributed by atoms with Gasteiger partial charge >= 0.3 is 0 Å². The molecule has 5 fully saturated rings. The number of ether oxygens (including phenoxy) is 4. The van der Waals surface area contributed by atoms with Crippen LogP contribution in [0.1, 0.15) is 241 Å². The highest BCUT2D eigenvalue weighted by Crippen LogP contribution is 2.67. The maximum Gasteiger partial charge on any atom is 0.0936 e.